The molecule has 0 aromatic carbocycles. The molecule has 0 aliphatic rings. The first-order chi connectivity index (χ1) is 3.31. The molecule has 0 aliphatic heterocycles. The van der Waals surface area contributed by atoms with E-state index < -0.39 is 0 Å². The third-order valence-corrected chi connectivity index (χ3v) is 0.865. The fraction of sp³-hybridized carbons (Fsp3) is 0.667. The molecule has 0 amide bonds. The van der Waals surface area contributed by atoms with E-state index >= 15 is 0 Å². The minimum absolute atomic E-state index is 0.760. The molecule has 0 saturated heterocycles. The van der Waals surface area contributed by atoms with Crippen LogP contribution in [0.1, 0.15) is 13.8 Å². The Morgan fingerprint density at radius 1 is 1.71 bits per heavy atom. The molecule has 0 heterocycles. The molecule has 1 nitrogen and oxygen atoms in total. The summed E-state index contributed by atoms with van der Waals surface area (Å²) < 4.78 is 4.83. The number of allylic oxidation sites excluding steroid dienone is 1. The monoisotopic (exact) mass is 100 g/mol. The molecule has 0 aromatic rings. The summed E-state index contributed by atoms with van der Waals surface area (Å²) in [5, 5.41) is 0. The van der Waals surface area contributed by atoms with Gasteiger partial charge < -0.3 is 4.74 Å². The third kappa shape index (κ3) is 3.53. The molecular formula is C6H12O. The second kappa shape index (κ2) is 3.88. The van der Waals surface area contributed by atoms with Crippen LogP contribution in [0.3, 0.4) is 0 Å². The second-order valence-corrected chi connectivity index (χ2v) is 1.57. The number of methoxy groups -OCH3 is 1. The lowest BCUT2D eigenvalue weighted by Crippen LogP contribution is -1.87. The summed E-state index contributed by atoms with van der Waals surface area (Å²) in [6, 6.07) is 0. The van der Waals surface area contributed by atoms with E-state index in [1.54, 1.807) is 7.11 Å². The highest BCUT2D eigenvalue weighted by molar-refractivity contribution is 4.94. The van der Waals surface area contributed by atoms with Crippen molar-refractivity contribution in [3.8, 4) is 0 Å². The van der Waals surface area contributed by atoms with E-state index in [-0.39, 0.29) is 0 Å². The lowest BCUT2D eigenvalue weighted by molar-refractivity contribution is 0.226. The van der Waals surface area contributed by atoms with Crippen LogP contribution in [0, 0.1) is 0 Å². The Bertz CT molecular complexity index is 64.6. The predicted octanol–water partition coefficient (Wildman–Crippen LogP) is 1.60. The minimum atomic E-state index is 0.760. The van der Waals surface area contributed by atoms with Crippen LogP contribution in [0.4, 0.5) is 0 Å². The minimum Gasteiger partial charge on any atom is -0.380 e. The van der Waals surface area contributed by atoms with E-state index in [2.05, 4.69) is 0 Å². The number of hydrogen-bond acceptors (Lipinski definition) is 1. The van der Waals surface area contributed by atoms with E-state index in [0.717, 1.165) is 6.61 Å². The summed E-state index contributed by atoms with van der Waals surface area (Å²) in [4.78, 5) is 0. The van der Waals surface area contributed by atoms with Crippen molar-refractivity contribution in [1.82, 2.24) is 0 Å². The van der Waals surface area contributed by atoms with Gasteiger partial charge in [0.2, 0.25) is 0 Å². The highest BCUT2D eigenvalue weighted by Crippen LogP contribution is 1.88. The van der Waals surface area contributed by atoms with Crippen LogP contribution in [0.15, 0.2) is 11.6 Å². The van der Waals surface area contributed by atoms with E-state index in [9.17, 15) is 0 Å². The van der Waals surface area contributed by atoms with Gasteiger partial charge in [-0.2, -0.15) is 0 Å². The highest BCUT2D eigenvalue weighted by Gasteiger charge is 1.79. The lowest BCUT2D eigenvalue weighted by atomic mass is 10.3. The molecule has 0 saturated carbocycles. The maximum absolute atomic E-state index is 4.83. The van der Waals surface area contributed by atoms with E-state index in [0.29, 0.717) is 0 Å². The molecule has 0 unspecified atom stereocenters. The van der Waals surface area contributed by atoms with Gasteiger partial charge >= 0.3 is 0 Å². The Balaban J connectivity index is 3.17. The van der Waals surface area contributed by atoms with Crippen LogP contribution in [0.5, 0.6) is 0 Å². The molecule has 0 rings (SSSR count). The first-order valence-corrected chi connectivity index (χ1v) is 2.42. The van der Waals surface area contributed by atoms with E-state index in [4.69, 9.17) is 4.74 Å². The van der Waals surface area contributed by atoms with Crippen LogP contribution >= 0.6 is 0 Å². The zero-order chi connectivity index (χ0) is 5.70. The normalized spacial score (nSPS) is 12.1. The van der Waals surface area contributed by atoms with Crippen molar-refractivity contribution in [2.45, 2.75) is 13.8 Å². The molecule has 0 aromatic heterocycles. The first-order valence-electron chi connectivity index (χ1n) is 2.42. The highest BCUT2D eigenvalue weighted by atomic mass is 16.5. The maximum atomic E-state index is 4.83. The van der Waals surface area contributed by atoms with Gasteiger partial charge in [0.05, 0.1) is 6.61 Å². The maximum Gasteiger partial charge on any atom is 0.0670 e. The van der Waals surface area contributed by atoms with Crippen molar-refractivity contribution < 1.29 is 4.74 Å². The van der Waals surface area contributed by atoms with Crippen LogP contribution in [-0.4, -0.2) is 13.7 Å². The quantitative estimate of drug-likeness (QED) is 0.479. The van der Waals surface area contributed by atoms with Crippen LogP contribution < -0.4 is 0 Å². The zero-order valence-corrected chi connectivity index (χ0v) is 5.19. The molecule has 0 fully saturated rings. The van der Waals surface area contributed by atoms with Crippen molar-refractivity contribution in [3.05, 3.63) is 11.6 Å². The summed E-state index contributed by atoms with van der Waals surface area (Å²) in [5.41, 5.74) is 1.28. The van der Waals surface area contributed by atoms with Crippen molar-refractivity contribution in [1.29, 1.82) is 0 Å². The van der Waals surface area contributed by atoms with Crippen LogP contribution in [0.2, 0.25) is 0 Å². The van der Waals surface area contributed by atoms with Crippen LogP contribution in [-0.2, 0) is 4.74 Å². The molecule has 0 aliphatic carbocycles. The summed E-state index contributed by atoms with van der Waals surface area (Å²) in [6.45, 7) is 4.81. The Kier molecular flexibility index (Phi) is 3.71. The Morgan fingerprint density at radius 2 is 2.29 bits per heavy atom. The van der Waals surface area contributed by atoms with Gasteiger partial charge in [-0.1, -0.05) is 11.6 Å². The molecule has 42 valence electrons. The van der Waals surface area contributed by atoms with Gasteiger partial charge in [-0.25, -0.2) is 0 Å². The second-order valence-electron chi connectivity index (χ2n) is 1.57. The van der Waals surface area contributed by atoms with Crippen molar-refractivity contribution in [2.75, 3.05) is 13.7 Å². The van der Waals surface area contributed by atoms with Gasteiger partial charge in [0.15, 0.2) is 0 Å². The van der Waals surface area contributed by atoms with Gasteiger partial charge in [-0.05, 0) is 13.8 Å². The Labute approximate surface area is 45.0 Å². The molecular weight excluding hydrogens is 88.1 g/mol. The average Bonchev–Trinajstić information content (AvgIpc) is 1.68. The summed E-state index contributed by atoms with van der Waals surface area (Å²) >= 11 is 0. The standard InChI is InChI=1S/C6H12O/c1-4-6(2)5-7-3/h4H,5H2,1-3H3/b6-4+. The van der Waals surface area contributed by atoms with Crippen molar-refractivity contribution in [2.24, 2.45) is 0 Å². The zero-order valence-electron chi connectivity index (χ0n) is 5.19. The number of ether oxygens (including phenoxy) is 1. The summed E-state index contributed by atoms with van der Waals surface area (Å²) in [5.74, 6) is 0. The van der Waals surface area contributed by atoms with Crippen molar-refractivity contribution in [3.63, 3.8) is 0 Å². The SMILES string of the molecule is C/C=C(\C)COC. The fourth-order valence-corrected chi connectivity index (χ4v) is 0.311. The molecule has 1 heteroatoms. The van der Waals surface area contributed by atoms with E-state index in [1.807, 2.05) is 19.9 Å². The van der Waals surface area contributed by atoms with Gasteiger partial charge in [-0.15, -0.1) is 0 Å². The molecule has 0 N–H and O–H groups in total. The van der Waals surface area contributed by atoms with E-state index in [1.165, 1.54) is 5.57 Å². The Morgan fingerprint density at radius 3 is 2.43 bits per heavy atom. The molecule has 0 radical (unpaired) electrons. The van der Waals surface area contributed by atoms with Gasteiger partial charge in [0.1, 0.15) is 0 Å². The fourth-order valence-electron chi connectivity index (χ4n) is 0.311. The van der Waals surface area contributed by atoms with Crippen molar-refractivity contribution >= 4 is 0 Å². The smallest absolute Gasteiger partial charge is 0.0670 e. The third-order valence-electron chi connectivity index (χ3n) is 0.865. The molecule has 0 bridgehead atoms. The largest absolute Gasteiger partial charge is 0.380 e. The van der Waals surface area contributed by atoms with Gasteiger partial charge in [0, 0.05) is 7.11 Å². The Hall–Kier alpha value is -0.300. The first kappa shape index (κ1) is 6.70. The predicted molar refractivity (Wildman–Crippen MR) is 31.3 cm³/mol. The van der Waals surface area contributed by atoms with Gasteiger partial charge in [0.25, 0.3) is 0 Å². The average molecular weight is 100 g/mol. The molecule has 7 heavy (non-hydrogen) atoms. The lowest BCUT2D eigenvalue weighted by Gasteiger charge is -1.93. The van der Waals surface area contributed by atoms with Crippen LogP contribution in [0.25, 0.3) is 0 Å². The topological polar surface area (TPSA) is 9.23 Å². The summed E-state index contributed by atoms with van der Waals surface area (Å²) in [6.07, 6.45) is 2.05. The molecule has 0 spiro atoms. The van der Waals surface area contributed by atoms with Gasteiger partial charge in [-0.3, -0.25) is 0 Å². The molecule has 0 atom stereocenters. The number of rotatable bonds is 2. The summed E-state index contributed by atoms with van der Waals surface area (Å²) in [7, 11) is 1.70. The number of hydrogen-bond donors (Lipinski definition) is 0.